The van der Waals surface area contributed by atoms with Crippen LogP contribution in [0.5, 0.6) is 0 Å². The average Bonchev–Trinajstić information content (AvgIpc) is 2.33. The van der Waals surface area contributed by atoms with Crippen molar-refractivity contribution >= 4 is 6.29 Å². The van der Waals surface area contributed by atoms with Crippen molar-refractivity contribution in [1.82, 2.24) is 4.98 Å². The van der Waals surface area contributed by atoms with Crippen molar-refractivity contribution < 1.29 is 9.18 Å². The van der Waals surface area contributed by atoms with Gasteiger partial charge in [-0.2, -0.15) is 0 Å². The number of rotatable bonds is 2. The molecule has 3 heteroatoms. The van der Waals surface area contributed by atoms with E-state index in [1.165, 1.54) is 6.20 Å². The first-order valence-corrected chi connectivity index (χ1v) is 4.89. The lowest BCUT2D eigenvalue weighted by atomic mass is 10.0. The normalized spacial score (nSPS) is 10.1. The molecule has 1 aromatic heterocycles. The Hall–Kier alpha value is -2.03. The summed E-state index contributed by atoms with van der Waals surface area (Å²) >= 11 is 0. The molecule has 0 radical (unpaired) electrons. The van der Waals surface area contributed by atoms with Crippen LogP contribution in [0.4, 0.5) is 4.39 Å². The van der Waals surface area contributed by atoms with Gasteiger partial charge in [0.15, 0.2) is 6.29 Å². The highest BCUT2D eigenvalue weighted by Gasteiger charge is 2.07. The van der Waals surface area contributed by atoms with Crippen molar-refractivity contribution in [3.63, 3.8) is 0 Å². The molecular formula is C13H10FNO. The summed E-state index contributed by atoms with van der Waals surface area (Å²) < 4.78 is 13.8. The number of aromatic nitrogens is 1. The highest BCUT2D eigenvalue weighted by molar-refractivity contribution is 5.76. The minimum Gasteiger partial charge on any atom is -0.296 e. The quantitative estimate of drug-likeness (QED) is 0.721. The van der Waals surface area contributed by atoms with E-state index in [9.17, 15) is 9.18 Å². The van der Waals surface area contributed by atoms with Crippen LogP contribution in [0.15, 0.2) is 36.5 Å². The van der Waals surface area contributed by atoms with Crippen LogP contribution in [0.25, 0.3) is 11.1 Å². The van der Waals surface area contributed by atoms with Gasteiger partial charge in [-0.15, -0.1) is 0 Å². The Morgan fingerprint density at radius 3 is 2.88 bits per heavy atom. The van der Waals surface area contributed by atoms with Gasteiger partial charge in [-0.25, -0.2) is 4.39 Å². The van der Waals surface area contributed by atoms with Crippen molar-refractivity contribution in [2.75, 3.05) is 0 Å². The second kappa shape index (κ2) is 4.23. The zero-order valence-electron chi connectivity index (χ0n) is 8.77. The van der Waals surface area contributed by atoms with Gasteiger partial charge in [-0.05, 0) is 30.2 Å². The van der Waals surface area contributed by atoms with Gasteiger partial charge in [0, 0.05) is 11.8 Å². The number of carbonyl (C=O) groups excluding carboxylic acids is 1. The van der Waals surface area contributed by atoms with E-state index >= 15 is 0 Å². The highest BCUT2D eigenvalue weighted by atomic mass is 19.1. The molecule has 0 atom stereocenters. The van der Waals surface area contributed by atoms with Crippen LogP contribution < -0.4 is 0 Å². The van der Waals surface area contributed by atoms with Crippen LogP contribution in [-0.2, 0) is 0 Å². The molecule has 1 heterocycles. The molecule has 0 amide bonds. The number of halogens is 1. The lowest BCUT2D eigenvalue weighted by Crippen LogP contribution is -1.91. The maximum Gasteiger partial charge on any atom is 0.168 e. The zero-order chi connectivity index (χ0) is 11.5. The molecule has 0 aliphatic heterocycles. The number of carbonyl (C=O) groups is 1. The summed E-state index contributed by atoms with van der Waals surface area (Å²) in [5.74, 6) is -0.259. The Balaban J connectivity index is 2.58. The SMILES string of the molecule is Cc1cccc(-c2ccnc(C=O)c2)c1F. The molecule has 80 valence electrons. The van der Waals surface area contributed by atoms with E-state index in [1.54, 1.807) is 37.3 Å². The highest BCUT2D eigenvalue weighted by Crippen LogP contribution is 2.24. The number of hydrogen-bond donors (Lipinski definition) is 0. The van der Waals surface area contributed by atoms with Gasteiger partial charge in [-0.1, -0.05) is 18.2 Å². The number of aldehydes is 1. The van der Waals surface area contributed by atoms with Crippen LogP contribution in [0.1, 0.15) is 16.1 Å². The first-order valence-electron chi connectivity index (χ1n) is 4.89. The van der Waals surface area contributed by atoms with Gasteiger partial charge < -0.3 is 0 Å². The second-order valence-corrected chi connectivity index (χ2v) is 3.52. The molecule has 0 bridgehead atoms. The van der Waals surface area contributed by atoms with Crippen molar-refractivity contribution in [3.8, 4) is 11.1 Å². The van der Waals surface area contributed by atoms with E-state index in [2.05, 4.69) is 4.98 Å². The van der Waals surface area contributed by atoms with Crippen LogP contribution in [0.3, 0.4) is 0 Å². The molecule has 0 aliphatic carbocycles. The third-order valence-corrected chi connectivity index (χ3v) is 2.40. The average molecular weight is 215 g/mol. The van der Waals surface area contributed by atoms with Crippen molar-refractivity contribution in [3.05, 3.63) is 53.6 Å². The second-order valence-electron chi connectivity index (χ2n) is 3.52. The number of aryl methyl sites for hydroxylation is 1. The molecular weight excluding hydrogens is 205 g/mol. The third-order valence-electron chi connectivity index (χ3n) is 2.40. The molecule has 0 fully saturated rings. The van der Waals surface area contributed by atoms with Crippen LogP contribution in [0.2, 0.25) is 0 Å². The Morgan fingerprint density at radius 2 is 2.12 bits per heavy atom. The van der Waals surface area contributed by atoms with Crippen LogP contribution >= 0.6 is 0 Å². The summed E-state index contributed by atoms with van der Waals surface area (Å²) in [4.78, 5) is 14.4. The number of nitrogens with zero attached hydrogens (tertiary/aromatic N) is 1. The molecule has 2 nitrogen and oxygen atoms in total. The third kappa shape index (κ3) is 1.84. The largest absolute Gasteiger partial charge is 0.296 e. The predicted octanol–water partition coefficient (Wildman–Crippen LogP) is 3.01. The van der Waals surface area contributed by atoms with Crippen molar-refractivity contribution in [2.45, 2.75) is 6.92 Å². The fraction of sp³-hybridized carbons (Fsp3) is 0.0769. The molecule has 0 N–H and O–H groups in total. The van der Waals surface area contributed by atoms with Gasteiger partial charge in [0.1, 0.15) is 11.5 Å². The standard InChI is InChI=1S/C13H10FNO/c1-9-3-2-4-12(13(9)14)10-5-6-15-11(7-10)8-16/h2-8H,1H3. The number of hydrogen-bond acceptors (Lipinski definition) is 2. The van der Waals surface area contributed by atoms with E-state index in [4.69, 9.17) is 0 Å². The summed E-state index contributed by atoms with van der Waals surface area (Å²) in [6.45, 7) is 1.71. The monoisotopic (exact) mass is 215 g/mol. The molecule has 1 aromatic carbocycles. The van der Waals surface area contributed by atoms with Gasteiger partial charge in [0.25, 0.3) is 0 Å². The van der Waals surface area contributed by atoms with Crippen LogP contribution in [-0.4, -0.2) is 11.3 Å². The van der Waals surface area contributed by atoms with Gasteiger partial charge in [0.05, 0.1) is 0 Å². The van der Waals surface area contributed by atoms with Crippen molar-refractivity contribution in [2.24, 2.45) is 0 Å². The van der Waals surface area contributed by atoms with Gasteiger partial charge in [-0.3, -0.25) is 9.78 Å². The maximum atomic E-state index is 13.8. The lowest BCUT2D eigenvalue weighted by Gasteiger charge is -2.05. The Labute approximate surface area is 92.8 Å². The summed E-state index contributed by atoms with van der Waals surface area (Å²) in [5, 5.41) is 0. The van der Waals surface area contributed by atoms with Gasteiger partial charge >= 0.3 is 0 Å². The lowest BCUT2D eigenvalue weighted by molar-refractivity contribution is 0.111. The van der Waals surface area contributed by atoms with Crippen LogP contribution in [0, 0.1) is 12.7 Å². The molecule has 16 heavy (non-hydrogen) atoms. The van der Waals surface area contributed by atoms with E-state index < -0.39 is 0 Å². The Bertz CT molecular complexity index is 537. The zero-order valence-corrected chi connectivity index (χ0v) is 8.77. The van der Waals surface area contributed by atoms with E-state index in [1.807, 2.05) is 0 Å². The first-order chi connectivity index (χ1) is 7.72. The van der Waals surface area contributed by atoms with E-state index in [-0.39, 0.29) is 5.82 Å². The minimum atomic E-state index is -0.259. The maximum absolute atomic E-state index is 13.8. The summed E-state index contributed by atoms with van der Waals surface area (Å²) in [6, 6.07) is 8.44. The molecule has 0 saturated heterocycles. The molecule has 0 spiro atoms. The van der Waals surface area contributed by atoms with E-state index in [0.29, 0.717) is 28.7 Å². The molecule has 2 rings (SSSR count). The number of pyridine rings is 1. The smallest absolute Gasteiger partial charge is 0.168 e. The molecule has 0 aliphatic rings. The molecule has 0 saturated carbocycles. The van der Waals surface area contributed by atoms with Crippen molar-refractivity contribution in [1.29, 1.82) is 0 Å². The molecule has 0 unspecified atom stereocenters. The van der Waals surface area contributed by atoms with Gasteiger partial charge in [0.2, 0.25) is 0 Å². The Morgan fingerprint density at radius 1 is 1.31 bits per heavy atom. The summed E-state index contributed by atoms with van der Waals surface area (Å²) in [6.07, 6.45) is 2.15. The summed E-state index contributed by atoms with van der Waals surface area (Å²) in [5.41, 5.74) is 2.05. The predicted molar refractivity (Wildman–Crippen MR) is 59.8 cm³/mol. The van der Waals surface area contributed by atoms with E-state index in [0.717, 1.165) is 0 Å². The first kappa shape index (κ1) is 10.5. The minimum absolute atomic E-state index is 0.259. The fourth-order valence-corrected chi connectivity index (χ4v) is 1.55. The topological polar surface area (TPSA) is 30.0 Å². The number of benzene rings is 1. The Kier molecular flexibility index (Phi) is 2.77. The summed E-state index contributed by atoms with van der Waals surface area (Å²) in [7, 11) is 0. The fourth-order valence-electron chi connectivity index (χ4n) is 1.55. The molecule has 2 aromatic rings.